The Hall–Kier alpha value is 0.0569. The highest BCUT2D eigenvalue weighted by molar-refractivity contribution is 6.74. The molecule has 0 radical (unpaired) electrons. The maximum atomic E-state index is 10.3. The molecule has 5 unspecified atom stereocenters. The summed E-state index contributed by atoms with van der Waals surface area (Å²) in [6, 6.07) is 0. The zero-order chi connectivity index (χ0) is 16.2. The molecule has 2 aliphatic rings. The summed E-state index contributed by atoms with van der Waals surface area (Å²) >= 11 is 0. The van der Waals surface area contributed by atoms with Gasteiger partial charge in [-0.05, 0) is 45.3 Å². The highest BCUT2D eigenvalue weighted by atomic mass is 28.4. The molecule has 1 heterocycles. The van der Waals surface area contributed by atoms with Crippen LogP contribution in [-0.4, -0.2) is 43.6 Å². The lowest BCUT2D eigenvalue weighted by molar-refractivity contribution is -0.170. The van der Waals surface area contributed by atoms with Gasteiger partial charge in [-0.1, -0.05) is 20.8 Å². The first kappa shape index (κ1) is 17.4. The van der Waals surface area contributed by atoms with Crippen LogP contribution < -0.4 is 0 Å². The summed E-state index contributed by atoms with van der Waals surface area (Å²) in [4.78, 5) is 0. The predicted molar refractivity (Wildman–Crippen MR) is 85.7 cm³/mol. The molecular weight excluding hydrogens is 284 g/mol. The Morgan fingerprint density at radius 2 is 1.71 bits per heavy atom. The van der Waals surface area contributed by atoms with Crippen molar-refractivity contribution in [2.24, 2.45) is 5.92 Å². The van der Waals surface area contributed by atoms with E-state index in [4.69, 9.17) is 13.9 Å². The van der Waals surface area contributed by atoms with Crippen LogP contribution in [0.3, 0.4) is 0 Å². The summed E-state index contributed by atoms with van der Waals surface area (Å²) in [6.45, 7) is 17.2. The molecule has 1 aliphatic heterocycles. The molecular formula is C16H32O4Si. The number of hydrogen-bond donors (Lipinski definition) is 1. The van der Waals surface area contributed by atoms with E-state index in [2.05, 4.69) is 40.8 Å². The van der Waals surface area contributed by atoms with E-state index in [1.54, 1.807) is 0 Å². The van der Waals surface area contributed by atoms with E-state index in [9.17, 15) is 5.11 Å². The summed E-state index contributed by atoms with van der Waals surface area (Å²) in [5, 5.41) is 10.4. The summed E-state index contributed by atoms with van der Waals surface area (Å²) in [5.74, 6) is -0.410. The molecule has 2 rings (SSSR count). The second-order valence-corrected chi connectivity index (χ2v) is 13.4. The van der Waals surface area contributed by atoms with Crippen LogP contribution in [0, 0.1) is 5.92 Å². The zero-order valence-electron chi connectivity index (χ0n) is 14.8. The van der Waals surface area contributed by atoms with Crippen LogP contribution in [0.2, 0.25) is 18.1 Å². The van der Waals surface area contributed by atoms with Crippen LogP contribution in [0.5, 0.6) is 0 Å². The standard InChI is InChI=1S/C16H32O4Si/c1-10(20-21(7,8)15(2,3)4)11-9-12(17)14-13(11)18-16(5,6)19-14/h10-14,17H,9H2,1-8H3. The molecule has 4 nitrogen and oxygen atoms in total. The Bertz CT molecular complexity index is 388. The average Bonchev–Trinajstić information content (AvgIpc) is 2.72. The van der Waals surface area contributed by atoms with E-state index >= 15 is 0 Å². The smallest absolute Gasteiger partial charge is 0.192 e. The molecule has 1 saturated carbocycles. The molecule has 0 amide bonds. The number of rotatable bonds is 3. The van der Waals surface area contributed by atoms with Crippen molar-refractivity contribution in [3.63, 3.8) is 0 Å². The van der Waals surface area contributed by atoms with Crippen LogP contribution >= 0.6 is 0 Å². The van der Waals surface area contributed by atoms with Gasteiger partial charge in [-0.3, -0.25) is 0 Å². The van der Waals surface area contributed by atoms with Gasteiger partial charge in [0, 0.05) is 12.0 Å². The van der Waals surface area contributed by atoms with Crippen LogP contribution in [0.4, 0.5) is 0 Å². The van der Waals surface area contributed by atoms with Crippen LogP contribution in [0.1, 0.15) is 48.0 Å². The summed E-state index contributed by atoms with van der Waals surface area (Å²) < 4.78 is 18.4. The van der Waals surface area contributed by atoms with Crippen molar-refractivity contribution in [2.45, 2.75) is 96.3 Å². The molecule has 0 aromatic heterocycles. The van der Waals surface area contributed by atoms with Gasteiger partial charge < -0.3 is 19.0 Å². The minimum absolute atomic E-state index is 0.0604. The van der Waals surface area contributed by atoms with Crippen molar-refractivity contribution in [1.82, 2.24) is 0 Å². The average molecular weight is 317 g/mol. The van der Waals surface area contributed by atoms with Gasteiger partial charge in [-0.15, -0.1) is 0 Å². The summed E-state index contributed by atoms with van der Waals surface area (Å²) in [6.07, 6.45) is 0.0480. The first-order valence-electron chi connectivity index (χ1n) is 8.05. The molecule has 5 heteroatoms. The summed E-state index contributed by atoms with van der Waals surface area (Å²) in [7, 11) is -1.82. The molecule has 21 heavy (non-hydrogen) atoms. The molecule has 0 bridgehead atoms. The highest BCUT2D eigenvalue weighted by Gasteiger charge is 2.55. The minimum Gasteiger partial charge on any atom is -0.414 e. The van der Waals surface area contributed by atoms with Crippen molar-refractivity contribution >= 4 is 8.32 Å². The fourth-order valence-electron chi connectivity index (χ4n) is 3.18. The number of ether oxygens (including phenoxy) is 2. The minimum atomic E-state index is -1.82. The van der Waals surface area contributed by atoms with Gasteiger partial charge in [0.15, 0.2) is 14.1 Å². The topological polar surface area (TPSA) is 47.9 Å². The third-order valence-corrected chi connectivity index (χ3v) is 9.94. The SMILES string of the molecule is CC(O[Si](C)(C)C(C)(C)C)C1CC(O)C2OC(C)(C)OC12. The van der Waals surface area contributed by atoms with Crippen LogP contribution in [0.15, 0.2) is 0 Å². The van der Waals surface area contributed by atoms with E-state index in [0.29, 0.717) is 6.42 Å². The van der Waals surface area contributed by atoms with E-state index in [1.807, 2.05) is 13.8 Å². The largest absolute Gasteiger partial charge is 0.414 e. The second-order valence-electron chi connectivity index (χ2n) is 8.61. The molecule has 0 aromatic carbocycles. The Labute approximate surface area is 130 Å². The van der Waals surface area contributed by atoms with Gasteiger partial charge in [0.2, 0.25) is 0 Å². The molecule has 0 spiro atoms. The molecule has 1 N–H and O–H groups in total. The number of hydrogen-bond acceptors (Lipinski definition) is 4. The normalized spacial score (nSPS) is 37.6. The monoisotopic (exact) mass is 316 g/mol. The van der Waals surface area contributed by atoms with Gasteiger partial charge in [0.1, 0.15) is 6.10 Å². The number of fused-ring (bicyclic) bond motifs is 1. The quantitative estimate of drug-likeness (QED) is 0.812. The highest BCUT2D eigenvalue weighted by Crippen LogP contribution is 2.45. The van der Waals surface area contributed by atoms with Gasteiger partial charge in [-0.25, -0.2) is 0 Å². The Balaban J connectivity index is 2.09. The fourth-order valence-corrected chi connectivity index (χ4v) is 4.64. The van der Waals surface area contributed by atoms with Gasteiger partial charge >= 0.3 is 0 Å². The Morgan fingerprint density at radius 3 is 2.24 bits per heavy atom. The third kappa shape index (κ3) is 3.37. The first-order valence-corrected chi connectivity index (χ1v) is 11.0. The molecule has 124 valence electrons. The maximum Gasteiger partial charge on any atom is 0.192 e. The molecule has 5 atom stereocenters. The molecule has 0 aromatic rings. The molecule has 1 saturated heterocycles. The van der Waals surface area contributed by atoms with Crippen molar-refractivity contribution in [3.05, 3.63) is 0 Å². The van der Waals surface area contributed by atoms with Crippen molar-refractivity contribution in [3.8, 4) is 0 Å². The third-order valence-electron chi connectivity index (χ3n) is 5.37. The van der Waals surface area contributed by atoms with Gasteiger partial charge in [0.05, 0.1) is 12.2 Å². The first-order chi connectivity index (χ1) is 9.34. The maximum absolute atomic E-state index is 10.3. The van der Waals surface area contributed by atoms with E-state index < -0.39 is 20.2 Å². The van der Waals surface area contributed by atoms with Crippen molar-refractivity contribution < 1.29 is 19.0 Å². The lowest BCUT2D eigenvalue weighted by Gasteiger charge is -2.40. The Kier molecular flexibility index (Phi) is 4.40. The van der Waals surface area contributed by atoms with E-state index in [0.717, 1.165) is 0 Å². The zero-order valence-corrected chi connectivity index (χ0v) is 15.8. The second kappa shape index (κ2) is 5.30. The lowest BCUT2D eigenvalue weighted by Crippen LogP contribution is -2.46. The van der Waals surface area contributed by atoms with E-state index in [-0.39, 0.29) is 29.3 Å². The lowest BCUT2D eigenvalue weighted by atomic mass is 10.00. The van der Waals surface area contributed by atoms with Crippen molar-refractivity contribution in [2.75, 3.05) is 0 Å². The van der Waals surface area contributed by atoms with Crippen LogP contribution in [0.25, 0.3) is 0 Å². The fraction of sp³-hybridized carbons (Fsp3) is 1.00. The van der Waals surface area contributed by atoms with Gasteiger partial charge in [-0.2, -0.15) is 0 Å². The van der Waals surface area contributed by atoms with Crippen molar-refractivity contribution in [1.29, 1.82) is 0 Å². The van der Waals surface area contributed by atoms with Crippen LogP contribution in [-0.2, 0) is 13.9 Å². The molecule has 1 aliphatic carbocycles. The molecule has 2 fully saturated rings. The predicted octanol–water partition coefficient (Wildman–Crippen LogP) is 3.30. The Morgan fingerprint density at radius 1 is 1.19 bits per heavy atom. The van der Waals surface area contributed by atoms with E-state index in [1.165, 1.54) is 0 Å². The summed E-state index contributed by atoms with van der Waals surface area (Å²) in [5.41, 5.74) is 0. The van der Waals surface area contributed by atoms with Gasteiger partial charge in [0.25, 0.3) is 0 Å². The number of aliphatic hydroxyl groups is 1. The number of aliphatic hydroxyl groups excluding tert-OH is 1.